The fourth-order valence-electron chi connectivity index (χ4n) is 1.35. The van der Waals surface area contributed by atoms with Gasteiger partial charge in [-0.25, -0.2) is 8.78 Å². The summed E-state index contributed by atoms with van der Waals surface area (Å²) in [6, 6.07) is 4.21. The molecule has 90 valence electrons. The zero-order valence-electron chi connectivity index (χ0n) is 9.43. The predicted octanol–water partition coefficient (Wildman–Crippen LogP) is 2.48. The van der Waals surface area contributed by atoms with Gasteiger partial charge >= 0.3 is 0 Å². The Hall–Kier alpha value is -1.00. The maximum absolute atomic E-state index is 13.2. The number of halogens is 2. The van der Waals surface area contributed by atoms with Gasteiger partial charge in [0.05, 0.1) is 0 Å². The minimum absolute atomic E-state index is 0.343. The number of benzene rings is 1. The van der Waals surface area contributed by atoms with Crippen molar-refractivity contribution in [1.29, 1.82) is 0 Å². The summed E-state index contributed by atoms with van der Waals surface area (Å²) in [7, 11) is 0. The fraction of sp³-hybridized carbons (Fsp3) is 0.500. The summed E-state index contributed by atoms with van der Waals surface area (Å²) in [6.07, 6.45) is 0.866. The first kappa shape index (κ1) is 13.1. The van der Waals surface area contributed by atoms with Gasteiger partial charge in [0.2, 0.25) is 0 Å². The van der Waals surface area contributed by atoms with E-state index in [-0.39, 0.29) is 0 Å². The Bertz CT molecular complexity index is 318. The number of hydrogen-bond acceptors (Lipinski definition) is 2. The average molecular weight is 229 g/mol. The second-order valence-corrected chi connectivity index (χ2v) is 3.44. The SMILES string of the molecule is CCOCCCNCc1cccc(F)c1F. The van der Waals surface area contributed by atoms with Crippen molar-refractivity contribution in [3.8, 4) is 0 Å². The van der Waals surface area contributed by atoms with Crippen molar-refractivity contribution in [2.24, 2.45) is 0 Å². The molecular weight excluding hydrogens is 212 g/mol. The fourth-order valence-corrected chi connectivity index (χ4v) is 1.35. The lowest BCUT2D eigenvalue weighted by molar-refractivity contribution is 0.144. The van der Waals surface area contributed by atoms with Crippen LogP contribution in [0.1, 0.15) is 18.9 Å². The summed E-state index contributed by atoms with van der Waals surface area (Å²) in [6.45, 7) is 4.41. The first-order chi connectivity index (χ1) is 7.75. The van der Waals surface area contributed by atoms with Crippen molar-refractivity contribution >= 4 is 0 Å². The highest BCUT2D eigenvalue weighted by molar-refractivity contribution is 5.18. The molecule has 1 N–H and O–H groups in total. The highest BCUT2D eigenvalue weighted by atomic mass is 19.2. The molecule has 0 aliphatic heterocycles. The molecule has 0 amide bonds. The zero-order chi connectivity index (χ0) is 11.8. The van der Waals surface area contributed by atoms with E-state index in [1.165, 1.54) is 6.07 Å². The first-order valence-corrected chi connectivity index (χ1v) is 5.47. The van der Waals surface area contributed by atoms with E-state index in [1.807, 2.05) is 6.92 Å². The van der Waals surface area contributed by atoms with Gasteiger partial charge in [0.25, 0.3) is 0 Å². The molecule has 4 heteroatoms. The van der Waals surface area contributed by atoms with Crippen LogP contribution in [0.3, 0.4) is 0 Å². The smallest absolute Gasteiger partial charge is 0.163 e. The van der Waals surface area contributed by atoms with Gasteiger partial charge in [-0.2, -0.15) is 0 Å². The Labute approximate surface area is 94.6 Å². The van der Waals surface area contributed by atoms with E-state index in [9.17, 15) is 8.78 Å². The number of ether oxygens (including phenoxy) is 1. The summed E-state index contributed by atoms with van der Waals surface area (Å²) in [5.74, 6) is -1.56. The minimum atomic E-state index is -0.798. The summed E-state index contributed by atoms with van der Waals surface area (Å²) in [5.41, 5.74) is 0.358. The largest absolute Gasteiger partial charge is 0.382 e. The van der Waals surface area contributed by atoms with Crippen LogP contribution >= 0.6 is 0 Å². The Morgan fingerprint density at radius 1 is 1.31 bits per heavy atom. The molecule has 0 saturated carbocycles. The molecule has 0 heterocycles. The second kappa shape index (κ2) is 7.30. The third kappa shape index (κ3) is 4.24. The predicted molar refractivity (Wildman–Crippen MR) is 59.2 cm³/mol. The van der Waals surface area contributed by atoms with Crippen LogP contribution in [0.2, 0.25) is 0 Å². The number of rotatable bonds is 7. The van der Waals surface area contributed by atoms with Crippen LogP contribution in [0.5, 0.6) is 0 Å². The third-order valence-corrected chi connectivity index (χ3v) is 2.19. The van der Waals surface area contributed by atoms with E-state index < -0.39 is 11.6 Å². The van der Waals surface area contributed by atoms with Gasteiger partial charge in [-0.3, -0.25) is 0 Å². The molecule has 1 aromatic rings. The Kier molecular flexibility index (Phi) is 5.96. The van der Waals surface area contributed by atoms with Gasteiger partial charge < -0.3 is 10.1 Å². The standard InChI is InChI=1S/C12H17F2NO/c1-2-16-8-4-7-15-9-10-5-3-6-11(13)12(10)14/h3,5-6,15H,2,4,7-9H2,1H3. The molecule has 0 aliphatic carbocycles. The van der Waals surface area contributed by atoms with Crippen LogP contribution in [-0.4, -0.2) is 19.8 Å². The molecule has 0 aromatic heterocycles. The summed E-state index contributed by atoms with van der Waals surface area (Å²) >= 11 is 0. The molecule has 0 unspecified atom stereocenters. The van der Waals surface area contributed by atoms with Crippen LogP contribution in [0.4, 0.5) is 8.78 Å². The molecule has 0 radical (unpaired) electrons. The van der Waals surface area contributed by atoms with E-state index in [4.69, 9.17) is 4.74 Å². The van der Waals surface area contributed by atoms with E-state index in [0.29, 0.717) is 25.3 Å². The van der Waals surface area contributed by atoms with Crippen LogP contribution < -0.4 is 5.32 Å². The average Bonchev–Trinajstić information content (AvgIpc) is 2.29. The normalized spacial score (nSPS) is 10.7. The highest BCUT2D eigenvalue weighted by Crippen LogP contribution is 2.10. The maximum Gasteiger partial charge on any atom is 0.163 e. The molecule has 1 aromatic carbocycles. The molecule has 0 fully saturated rings. The third-order valence-electron chi connectivity index (χ3n) is 2.19. The lowest BCUT2D eigenvalue weighted by atomic mass is 10.2. The zero-order valence-corrected chi connectivity index (χ0v) is 9.43. The molecule has 16 heavy (non-hydrogen) atoms. The lowest BCUT2D eigenvalue weighted by Gasteiger charge is -2.06. The van der Waals surface area contributed by atoms with Crippen molar-refractivity contribution in [2.45, 2.75) is 19.9 Å². The van der Waals surface area contributed by atoms with Crippen molar-refractivity contribution in [3.63, 3.8) is 0 Å². The number of hydrogen-bond donors (Lipinski definition) is 1. The lowest BCUT2D eigenvalue weighted by Crippen LogP contribution is -2.17. The second-order valence-electron chi connectivity index (χ2n) is 3.44. The van der Waals surface area contributed by atoms with Crippen molar-refractivity contribution in [1.82, 2.24) is 5.32 Å². The molecule has 0 spiro atoms. The van der Waals surface area contributed by atoms with E-state index in [2.05, 4.69) is 5.32 Å². The van der Waals surface area contributed by atoms with Crippen LogP contribution in [0.15, 0.2) is 18.2 Å². The number of nitrogens with one attached hydrogen (secondary N) is 1. The molecule has 2 nitrogen and oxygen atoms in total. The quantitative estimate of drug-likeness (QED) is 0.725. The van der Waals surface area contributed by atoms with Gasteiger partial charge in [-0.05, 0) is 26.0 Å². The molecule has 0 saturated heterocycles. The Morgan fingerprint density at radius 3 is 2.88 bits per heavy atom. The molecule has 0 aliphatic rings. The van der Waals surface area contributed by atoms with Crippen molar-refractivity contribution in [3.05, 3.63) is 35.4 Å². The molecule has 0 atom stereocenters. The Morgan fingerprint density at radius 2 is 2.12 bits per heavy atom. The van der Waals surface area contributed by atoms with E-state index >= 15 is 0 Å². The van der Waals surface area contributed by atoms with Crippen molar-refractivity contribution in [2.75, 3.05) is 19.8 Å². The topological polar surface area (TPSA) is 21.3 Å². The highest BCUT2D eigenvalue weighted by Gasteiger charge is 2.06. The monoisotopic (exact) mass is 229 g/mol. The van der Waals surface area contributed by atoms with E-state index in [1.54, 1.807) is 6.07 Å². The minimum Gasteiger partial charge on any atom is -0.382 e. The van der Waals surface area contributed by atoms with Gasteiger partial charge in [0.15, 0.2) is 11.6 Å². The van der Waals surface area contributed by atoms with Gasteiger partial charge in [-0.1, -0.05) is 12.1 Å². The molecule has 0 bridgehead atoms. The maximum atomic E-state index is 13.2. The summed E-state index contributed by atoms with van der Waals surface area (Å²) in [4.78, 5) is 0. The van der Waals surface area contributed by atoms with Crippen LogP contribution in [0.25, 0.3) is 0 Å². The first-order valence-electron chi connectivity index (χ1n) is 5.47. The van der Waals surface area contributed by atoms with Gasteiger partial charge in [0, 0.05) is 25.3 Å². The van der Waals surface area contributed by atoms with Gasteiger partial charge in [-0.15, -0.1) is 0 Å². The van der Waals surface area contributed by atoms with Crippen LogP contribution in [-0.2, 0) is 11.3 Å². The Balaban J connectivity index is 2.24. The summed E-state index contributed by atoms with van der Waals surface area (Å²) < 4.78 is 31.2. The van der Waals surface area contributed by atoms with E-state index in [0.717, 1.165) is 19.0 Å². The van der Waals surface area contributed by atoms with Crippen LogP contribution in [0, 0.1) is 11.6 Å². The molecule has 1 rings (SSSR count). The molecular formula is C12H17F2NO. The summed E-state index contributed by atoms with van der Waals surface area (Å²) in [5, 5.41) is 3.04. The van der Waals surface area contributed by atoms with Gasteiger partial charge in [0.1, 0.15) is 0 Å². The van der Waals surface area contributed by atoms with Crippen molar-refractivity contribution < 1.29 is 13.5 Å².